The third kappa shape index (κ3) is 5.46. The first-order valence-electron chi connectivity index (χ1n) is 9.04. The lowest BCUT2D eigenvalue weighted by Gasteiger charge is -2.03. The highest BCUT2D eigenvalue weighted by atomic mass is 35.5. The number of hydrogen-bond donors (Lipinski definition) is 1. The number of nitrogens with zero attached hydrogens (tertiary/aromatic N) is 4. The van der Waals surface area contributed by atoms with E-state index in [2.05, 4.69) is 25.7 Å². The van der Waals surface area contributed by atoms with Gasteiger partial charge in [-0.1, -0.05) is 46.7 Å². The van der Waals surface area contributed by atoms with E-state index in [0.717, 1.165) is 5.56 Å². The zero-order valence-electron chi connectivity index (χ0n) is 15.6. The lowest BCUT2D eigenvalue weighted by atomic mass is 10.2. The van der Waals surface area contributed by atoms with Crippen molar-refractivity contribution in [3.63, 3.8) is 0 Å². The molecule has 152 valence electrons. The zero-order chi connectivity index (χ0) is 20.8. The van der Waals surface area contributed by atoms with Crippen LogP contribution in [-0.4, -0.2) is 26.2 Å². The summed E-state index contributed by atoms with van der Waals surface area (Å²) in [4.78, 5) is 16.3. The molecular formula is C20H16ClN5O3S. The zero-order valence-corrected chi connectivity index (χ0v) is 17.2. The molecule has 1 N–H and O–H groups in total. The SMILES string of the molecule is O=C(CCc1nc(CSc2nnc(-c3ccccc3)o2)no1)Nc1ccc(Cl)cc1. The summed E-state index contributed by atoms with van der Waals surface area (Å²) in [7, 11) is 0. The fraction of sp³-hybridized carbons (Fsp3) is 0.150. The first kappa shape index (κ1) is 20.1. The topological polar surface area (TPSA) is 107 Å². The Bertz CT molecular complexity index is 1110. The van der Waals surface area contributed by atoms with Crippen molar-refractivity contribution >= 4 is 35.0 Å². The number of benzene rings is 2. The van der Waals surface area contributed by atoms with E-state index >= 15 is 0 Å². The van der Waals surface area contributed by atoms with Crippen LogP contribution in [0.5, 0.6) is 0 Å². The maximum Gasteiger partial charge on any atom is 0.277 e. The Hall–Kier alpha value is -3.17. The van der Waals surface area contributed by atoms with Crippen LogP contribution in [0.1, 0.15) is 18.1 Å². The third-order valence-corrected chi connectivity index (χ3v) is 5.02. The highest BCUT2D eigenvalue weighted by Gasteiger charge is 2.13. The van der Waals surface area contributed by atoms with Gasteiger partial charge in [-0.25, -0.2) is 0 Å². The largest absolute Gasteiger partial charge is 0.411 e. The Balaban J connectivity index is 1.25. The summed E-state index contributed by atoms with van der Waals surface area (Å²) in [6.07, 6.45) is 0.567. The maximum atomic E-state index is 12.0. The van der Waals surface area contributed by atoms with Gasteiger partial charge in [-0.3, -0.25) is 4.79 Å². The summed E-state index contributed by atoms with van der Waals surface area (Å²) < 4.78 is 10.8. The second kappa shape index (κ2) is 9.55. The van der Waals surface area contributed by atoms with Gasteiger partial charge in [-0.2, -0.15) is 4.98 Å². The summed E-state index contributed by atoms with van der Waals surface area (Å²) in [6.45, 7) is 0. The molecule has 0 fully saturated rings. The first-order chi connectivity index (χ1) is 14.7. The summed E-state index contributed by atoms with van der Waals surface area (Å²) in [5, 5.41) is 15.8. The van der Waals surface area contributed by atoms with Gasteiger partial charge in [0.25, 0.3) is 5.22 Å². The smallest absolute Gasteiger partial charge is 0.277 e. The average molecular weight is 442 g/mol. The number of carbonyl (C=O) groups is 1. The molecular weight excluding hydrogens is 426 g/mol. The van der Waals surface area contributed by atoms with E-state index in [0.29, 0.717) is 45.7 Å². The molecule has 30 heavy (non-hydrogen) atoms. The van der Waals surface area contributed by atoms with Crippen molar-refractivity contribution in [3.05, 3.63) is 71.3 Å². The van der Waals surface area contributed by atoms with Gasteiger partial charge in [-0.15, -0.1) is 10.2 Å². The van der Waals surface area contributed by atoms with Crippen LogP contribution in [0, 0.1) is 0 Å². The molecule has 2 aromatic heterocycles. The average Bonchev–Trinajstić information content (AvgIpc) is 3.43. The summed E-state index contributed by atoms with van der Waals surface area (Å²) in [5.41, 5.74) is 1.54. The predicted octanol–water partition coefficient (Wildman–Crippen LogP) is 4.64. The summed E-state index contributed by atoms with van der Waals surface area (Å²) >= 11 is 7.14. The van der Waals surface area contributed by atoms with E-state index in [4.69, 9.17) is 20.5 Å². The number of anilines is 1. The van der Waals surface area contributed by atoms with Gasteiger partial charge in [0.2, 0.25) is 17.7 Å². The minimum atomic E-state index is -0.147. The summed E-state index contributed by atoms with van der Waals surface area (Å²) in [6, 6.07) is 16.4. The number of aryl methyl sites for hydroxylation is 1. The van der Waals surface area contributed by atoms with E-state index in [9.17, 15) is 4.79 Å². The van der Waals surface area contributed by atoms with E-state index in [1.807, 2.05) is 30.3 Å². The number of carbonyl (C=O) groups excluding carboxylic acids is 1. The monoisotopic (exact) mass is 441 g/mol. The van der Waals surface area contributed by atoms with Crippen molar-refractivity contribution in [2.45, 2.75) is 23.8 Å². The van der Waals surface area contributed by atoms with Gasteiger partial charge >= 0.3 is 0 Å². The van der Waals surface area contributed by atoms with Crippen LogP contribution in [0.25, 0.3) is 11.5 Å². The number of aromatic nitrogens is 4. The van der Waals surface area contributed by atoms with Gasteiger partial charge in [0, 0.05) is 29.1 Å². The third-order valence-electron chi connectivity index (χ3n) is 3.96. The molecule has 8 nitrogen and oxygen atoms in total. The molecule has 2 heterocycles. The highest BCUT2D eigenvalue weighted by Crippen LogP contribution is 2.25. The Labute approximate surface area is 181 Å². The molecule has 2 aromatic carbocycles. The first-order valence-corrected chi connectivity index (χ1v) is 10.4. The highest BCUT2D eigenvalue weighted by molar-refractivity contribution is 7.98. The number of hydrogen-bond acceptors (Lipinski definition) is 8. The number of halogens is 1. The fourth-order valence-electron chi connectivity index (χ4n) is 2.52. The van der Waals surface area contributed by atoms with E-state index < -0.39 is 0 Å². The Morgan fingerprint density at radius 2 is 1.87 bits per heavy atom. The minimum Gasteiger partial charge on any atom is -0.411 e. The summed E-state index contributed by atoms with van der Waals surface area (Å²) in [5.74, 6) is 1.61. The fourth-order valence-corrected chi connectivity index (χ4v) is 3.25. The molecule has 0 aliphatic carbocycles. The Kier molecular flexibility index (Phi) is 6.41. The molecule has 4 rings (SSSR count). The number of thioether (sulfide) groups is 1. The van der Waals surface area contributed by atoms with Gasteiger partial charge in [0.1, 0.15) is 0 Å². The van der Waals surface area contributed by atoms with Crippen LogP contribution in [0.4, 0.5) is 5.69 Å². The van der Waals surface area contributed by atoms with Crippen LogP contribution in [-0.2, 0) is 17.0 Å². The molecule has 10 heteroatoms. The molecule has 1 amide bonds. The van der Waals surface area contributed by atoms with Gasteiger partial charge in [0.05, 0.1) is 5.75 Å². The van der Waals surface area contributed by atoms with Crippen LogP contribution >= 0.6 is 23.4 Å². The predicted molar refractivity (Wildman–Crippen MR) is 112 cm³/mol. The molecule has 0 aliphatic heterocycles. The van der Waals surface area contributed by atoms with Crippen molar-refractivity contribution in [1.82, 2.24) is 20.3 Å². The molecule has 4 aromatic rings. The van der Waals surface area contributed by atoms with Crippen LogP contribution in [0.3, 0.4) is 0 Å². The maximum absolute atomic E-state index is 12.0. The van der Waals surface area contributed by atoms with Crippen molar-refractivity contribution < 1.29 is 13.7 Å². The van der Waals surface area contributed by atoms with Gasteiger partial charge < -0.3 is 14.3 Å². The van der Waals surface area contributed by atoms with E-state index in [1.54, 1.807) is 24.3 Å². The molecule has 0 spiro atoms. The minimum absolute atomic E-state index is 0.147. The second-order valence-corrected chi connectivity index (χ2v) is 7.55. The molecule has 0 aliphatic rings. The quantitative estimate of drug-likeness (QED) is 0.394. The molecule has 0 bridgehead atoms. The van der Waals surface area contributed by atoms with Crippen molar-refractivity contribution in [3.8, 4) is 11.5 Å². The van der Waals surface area contributed by atoms with E-state index in [1.165, 1.54) is 11.8 Å². The standard InChI is InChI=1S/C20H16ClN5O3S/c21-14-6-8-15(9-7-14)22-17(27)10-11-18-23-16(26-29-18)12-30-20-25-24-19(28-20)13-4-2-1-3-5-13/h1-9H,10-12H2,(H,22,27). The number of nitrogens with one attached hydrogen (secondary N) is 1. The second-order valence-electron chi connectivity index (χ2n) is 6.19. The van der Waals surface area contributed by atoms with Crippen LogP contribution in [0.15, 0.2) is 68.8 Å². The van der Waals surface area contributed by atoms with Crippen LogP contribution in [0.2, 0.25) is 5.02 Å². The van der Waals surface area contributed by atoms with Crippen molar-refractivity contribution in [1.29, 1.82) is 0 Å². The molecule has 0 atom stereocenters. The molecule has 0 saturated heterocycles. The number of amides is 1. The normalized spacial score (nSPS) is 10.8. The number of rotatable bonds is 8. The van der Waals surface area contributed by atoms with E-state index in [-0.39, 0.29) is 12.3 Å². The molecule has 0 unspecified atom stereocenters. The van der Waals surface area contributed by atoms with Crippen molar-refractivity contribution in [2.75, 3.05) is 5.32 Å². The van der Waals surface area contributed by atoms with Crippen LogP contribution < -0.4 is 5.32 Å². The van der Waals surface area contributed by atoms with Gasteiger partial charge in [0.15, 0.2) is 5.82 Å². The molecule has 0 saturated carbocycles. The van der Waals surface area contributed by atoms with Gasteiger partial charge in [-0.05, 0) is 36.4 Å². The Morgan fingerprint density at radius 1 is 1.07 bits per heavy atom. The molecule has 0 radical (unpaired) electrons. The lowest BCUT2D eigenvalue weighted by Crippen LogP contribution is -2.12. The lowest BCUT2D eigenvalue weighted by molar-refractivity contribution is -0.116. The Morgan fingerprint density at radius 3 is 2.67 bits per heavy atom. The van der Waals surface area contributed by atoms with Crippen molar-refractivity contribution in [2.24, 2.45) is 0 Å².